The molecule has 4 N–H and O–H groups in total. The molecular formula is C12H14N2O6S. The molecule has 0 fully saturated rings. The Morgan fingerprint density at radius 1 is 1.29 bits per heavy atom. The minimum absolute atomic E-state index is 0.0177. The molecule has 0 saturated heterocycles. The molecule has 1 aromatic heterocycles. The van der Waals surface area contributed by atoms with Crippen LogP contribution in [0.5, 0.6) is 0 Å². The van der Waals surface area contributed by atoms with Crippen molar-refractivity contribution in [3.05, 3.63) is 16.0 Å². The van der Waals surface area contributed by atoms with Crippen molar-refractivity contribution < 1.29 is 29.0 Å². The van der Waals surface area contributed by atoms with Crippen LogP contribution in [0.3, 0.4) is 0 Å². The molecule has 0 unspecified atom stereocenters. The van der Waals surface area contributed by atoms with Gasteiger partial charge in [-0.1, -0.05) is 0 Å². The van der Waals surface area contributed by atoms with E-state index in [2.05, 4.69) is 10.1 Å². The van der Waals surface area contributed by atoms with Gasteiger partial charge in [0.15, 0.2) is 0 Å². The summed E-state index contributed by atoms with van der Waals surface area (Å²) in [5.41, 5.74) is 5.57. The number of ether oxygens (including phenoxy) is 1. The zero-order valence-electron chi connectivity index (χ0n) is 11.4. The number of anilines is 1. The molecular weight excluding hydrogens is 300 g/mol. The molecule has 1 rings (SSSR count). The summed E-state index contributed by atoms with van der Waals surface area (Å²) < 4.78 is 4.58. The zero-order chi connectivity index (χ0) is 16.2. The van der Waals surface area contributed by atoms with Gasteiger partial charge in [0.25, 0.3) is 5.91 Å². The molecule has 8 nitrogen and oxygen atoms in total. The molecule has 0 bridgehead atoms. The summed E-state index contributed by atoms with van der Waals surface area (Å²) in [6.45, 7) is 1.51. The summed E-state index contributed by atoms with van der Waals surface area (Å²) in [5.74, 6) is -3.14. The molecule has 1 aromatic rings. The van der Waals surface area contributed by atoms with Crippen LogP contribution in [-0.2, 0) is 14.3 Å². The number of rotatable bonds is 6. The van der Waals surface area contributed by atoms with E-state index >= 15 is 0 Å². The van der Waals surface area contributed by atoms with E-state index < -0.39 is 23.8 Å². The van der Waals surface area contributed by atoms with E-state index in [1.54, 1.807) is 0 Å². The summed E-state index contributed by atoms with van der Waals surface area (Å²) in [4.78, 5) is 45.2. The average molecular weight is 314 g/mol. The maximum Gasteiger partial charge on any atom is 0.348 e. The number of nitrogens with two attached hydrogens (primary N) is 1. The van der Waals surface area contributed by atoms with Crippen molar-refractivity contribution >= 4 is 40.1 Å². The summed E-state index contributed by atoms with van der Waals surface area (Å²) >= 11 is 0.855. The lowest BCUT2D eigenvalue weighted by Crippen LogP contribution is -2.18. The fourth-order valence-corrected chi connectivity index (χ4v) is 2.74. The van der Waals surface area contributed by atoms with Crippen LogP contribution >= 0.6 is 11.3 Å². The fourth-order valence-electron chi connectivity index (χ4n) is 1.60. The highest BCUT2D eigenvalue weighted by Gasteiger charge is 2.24. The van der Waals surface area contributed by atoms with Crippen molar-refractivity contribution in [1.82, 2.24) is 0 Å². The highest BCUT2D eigenvalue weighted by molar-refractivity contribution is 7.18. The first-order valence-corrected chi connectivity index (χ1v) is 6.62. The van der Waals surface area contributed by atoms with Crippen LogP contribution < -0.4 is 11.1 Å². The Labute approximate surface area is 123 Å². The number of hydrogen-bond donors (Lipinski definition) is 3. The first-order chi connectivity index (χ1) is 9.77. The molecule has 0 radical (unpaired) electrons. The molecule has 0 atom stereocenters. The van der Waals surface area contributed by atoms with Gasteiger partial charge >= 0.3 is 11.9 Å². The first-order valence-electron chi connectivity index (χ1n) is 5.81. The van der Waals surface area contributed by atoms with Gasteiger partial charge in [0.1, 0.15) is 9.88 Å². The molecule has 1 heterocycles. The lowest BCUT2D eigenvalue weighted by atomic mass is 10.1. The van der Waals surface area contributed by atoms with E-state index in [1.807, 2.05) is 0 Å². The first kappa shape index (κ1) is 16.6. The number of primary amides is 1. The Balaban J connectivity index is 3.06. The van der Waals surface area contributed by atoms with Crippen molar-refractivity contribution in [2.45, 2.75) is 19.8 Å². The molecule has 2 amide bonds. The van der Waals surface area contributed by atoms with Gasteiger partial charge in [-0.05, 0) is 12.5 Å². The third kappa shape index (κ3) is 4.02. The smallest absolute Gasteiger partial charge is 0.348 e. The Kier molecular flexibility index (Phi) is 5.42. The number of esters is 1. The van der Waals surface area contributed by atoms with Crippen molar-refractivity contribution in [2.24, 2.45) is 5.73 Å². The average Bonchev–Trinajstić information content (AvgIpc) is 2.72. The second kappa shape index (κ2) is 6.84. The second-order valence-electron chi connectivity index (χ2n) is 4.06. The highest BCUT2D eigenvalue weighted by Crippen LogP contribution is 2.33. The SMILES string of the molecule is COC(=O)c1sc(NC(=O)CCC(=O)O)c(C(N)=O)c1C. The predicted molar refractivity (Wildman–Crippen MR) is 74.4 cm³/mol. The number of methoxy groups -OCH3 is 1. The second-order valence-corrected chi connectivity index (χ2v) is 5.08. The van der Waals surface area contributed by atoms with E-state index in [4.69, 9.17) is 10.8 Å². The van der Waals surface area contributed by atoms with Crippen LogP contribution in [0.2, 0.25) is 0 Å². The minimum atomic E-state index is -1.11. The molecule has 0 aliphatic heterocycles. The van der Waals surface area contributed by atoms with Crippen molar-refractivity contribution in [1.29, 1.82) is 0 Å². The number of carboxylic acid groups (broad SMARTS) is 1. The predicted octanol–water partition coefficient (Wildman–Crippen LogP) is 0.745. The molecule has 0 aromatic carbocycles. The summed E-state index contributed by atoms with van der Waals surface area (Å²) in [6, 6.07) is 0. The number of carbonyl (C=O) groups is 4. The van der Waals surface area contributed by atoms with Crippen LogP contribution in [0, 0.1) is 6.92 Å². The van der Waals surface area contributed by atoms with E-state index in [-0.39, 0.29) is 28.3 Å². The molecule has 0 spiro atoms. The standard InChI is InChI=1S/C12H14N2O6S/c1-5-8(10(13)18)11(21-9(5)12(19)20-2)14-6(15)3-4-7(16)17/h3-4H2,1-2H3,(H2,13,18)(H,14,15)(H,16,17). The van der Waals surface area contributed by atoms with E-state index in [1.165, 1.54) is 14.0 Å². The number of carboxylic acids is 1. The number of nitrogens with one attached hydrogen (secondary N) is 1. The fraction of sp³-hybridized carbons (Fsp3) is 0.333. The molecule has 114 valence electrons. The van der Waals surface area contributed by atoms with Gasteiger partial charge in [-0.3, -0.25) is 14.4 Å². The van der Waals surface area contributed by atoms with Gasteiger partial charge in [0.2, 0.25) is 5.91 Å². The van der Waals surface area contributed by atoms with Gasteiger partial charge in [0, 0.05) is 6.42 Å². The van der Waals surface area contributed by atoms with Gasteiger partial charge in [-0.25, -0.2) is 4.79 Å². The number of aliphatic carboxylic acids is 1. The normalized spacial score (nSPS) is 10.0. The highest BCUT2D eigenvalue weighted by atomic mass is 32.1. The van der Waals surface area contributed by atoms with E-state index in [0.29, 0.717) is 5.56 Å². The van der Waals surface area contributed by atoms with Gasteiger partial charge in [-0.2, -0.15) is 0 Å². The molecule has 9 heteroatoms. The van der Waals surface area contributed by atoms with E-state index in [0.717, 1.165) is 11.3 Å². The van der Waals surface area contributed by atoms with E-state index in [9.17, 15) is 19.2 Å². The number of carbonyl (C=O) groups excluding carboxylic acids is 3. The van der Waals surface area contributed by atoms with Crippen LogP contribution in [0.4, 0.5) is 5.00 Å². The zero-order valence-corrected chi connectivity index (χ0v) is 12.2. The molecule has 21 heavy (non-hydrogen) atoms. The Hall–Kier alpha value is -2.42. The minimum Gasteiger partial charge on any atom is -0.481 e. The Morgan fingerprint density at radius 2 is 1.90 bits per heavy atom. The lowest BCUT2D eigenvalue weighted by molar-refractivity contribution is -0.138. The van der Waals surface area contributed by atoms with Crippen molar-refractivity contribution in [2.75, 3.05) is 12.4 Å². The van der Waals surface area contributed by atoms with Gasteiger partial charge in [0.05, 0.1) is 19.1 Å². The quantitative estimate of drug-likeness (QED) is 0.663. The molecule has 0 aliphatic carbocycles. The molecule has 0 saturated carbocycles. The van der Waals surface area contributed by atoms with Crippen LogP contribution in [-0.4, -0.2) is 36.0 Å². The van der Waals surface area contributed by atoms with Crippen LogP contribution in [0.15, 0.2) is 0 Å². The topological polar surface area (TPSA) is 136 Å². The third-order valence-corrected chi connectivity index (χ3v) is 3.77. The number of amides is 2. The third-order valence-electron chi connectivity index (χ3n) is 2.58. The monoisotopic (exact) mass is 314 g/mol. The largest absolute Gasteiger partial charge is 0.481 e. The van der Waals surface area contributed by atoms with Gasteiger partial charge < -0.3 is 20.9 Å². The lowest BCUT2D eigenvalue weighted by Gasteiger charge is -2.03. The summed E-state index contributed by atoms with van der Waals surface area (Å²) in [6.07, 6.45) is -0.593. The maximum atomic E-state index is 11.6. The number of thiophene rings is 1. The molecule has 0 aliphatic rings. The van der Waals surface area contributed by atoms with Crippen molar-refractivity contribution in [3.63, 3.8) is 0 Å². The maximum absolute atomic E-state index is 11.6. The Bertz CT molecular complexity index is 607. The summed E-state index contributed by atoms with van der Waals surface area (Å²) in [7, 11) is 1.19. The Morgan fingerprint density at radius 3 is 2.38 bits per heavy atom. The van der Waals surface area contributed by atoms with Crippen molar-refractivity contribution in [3.8, 4) is 0 Å². The number of hydrogen-bond acceptors (Lipinski definition) is 6. The van der Waals surface area contributed by atoms with Crippen LogP contribution in [0.1, 0.15) is 38.4 Å². The van der Waals surface area contributed by atoms with Crippen LogP contribution in [0.25, 0.3) is 0 Å². The van der Waals surface area contributed by atoms with Gasteiger partial charge in [-0.15, -0.1) is 11.3 Å². The summed E-state index contributed by atoms with van der Waals surface area (Å²) in [5, 5.41) is 11.0.